The van der Waals surface area contributed by atoms with Crippen LogP contribution < -0.4 is 11.1 Å². The van der Waals surface area contributed by atoms with Crippen LogP contribution in [-0.4, -0.2) is 42.1 Å². The number of hydrogen-bond acceptors (Lipinski definition) is 4. The quantitative estimate of drug-likeness (QED) is 0.859. The molecule has 1 saturated heterocycles. The normalized spacial score (nSPS) is 24.0. The zero-order valence-corrected chi connectivity index (χ0v) is 13.7. The van der Waals surface area contributed by atoms with Crippen molar-refractivity contribution in [1.82, 2.24) is 10.2 Å². The second-order valence-corrected chi connectivity index (χ2v) is 6.27. The molecule has 3 atom stereocenters. The summed E-state index contributed by atoms with van der Waals surface area (Å²) in [5, 5.41) is 2.82. The van der Waals surface area contributed by atoms with Crippen molar-refractivity contribution in [2.45, 2.75) is 52.1 Å². The average Bonchev–Trinajstić information content (AvgIpc) is 2.45. The Bertz CT molecular complexity index is 477. The highest BCUT2D eigenvalue weighted by Gasteiger charge is 2.21. The molecule has 1 aliphatic heterocycles. The van der Waals surface area contributed by atoms with Gasteiger partial charge in [0.25, 0.3) is 0 Å². The molecule has 0 aromatic heterocycles. The lowest BCUT2D eigenvalue weighted by atomic mass is 10.1. The molecule has 1 fully saturated rings. The Kier molecular flexibility index (Phi) is 5.94. The van der Waals surface area contributed by atoms with Crippen LogP contribution in [0, 0.1) is 0 Å². The number of nitrogens with zero attached hydrogens (tertiary/aromatic N) is 1. The first-order valence-corrected chi connectivity index (χ1v) is 7.93. The van der Waals surface area contributed by atoms with E-state index in [0.29, 0.717) is 6.54 Å². The van der Waals surface area contributed by atoms with E-state index in [1.165, 1.54) is 5.56 Å². The Labute approximate surface area is 132 Å². The topological polar surface area (TPSA) is 67.6 Å². The minimum Gasteiger partial charge on any atom is -0.373 e. The molecular formula is C17H27N3O2. The van der Waals surface area contributed by atoms with Gasteiger partial charge >= 0.3 is 0 Å². The van der Waals surface area contributed by atoms with Gasteiger partial charge in [-0.1, -0.05) is 24.3 Å². The highest BCUT2D eigenvalue weighted by atomic mass is 16.5. The zero-order chi connectivity index (χ0) is 16.1. The molecule has 1 aromatic carbocycles. The third-order valence-electron chi connectivity index (χ3n) is 3.80. The van der Waals surface area contributed by atoms with Gasteiger partial charge in [0.15, 0.2) is 0 Å². The second kappa shape index (κ2) is 7.72. The van der Waals surface area contributed by atoms with E-state index in [4.69, 9.17) is 10.5 Å². The van der Waals surface area contributed by atoms with Crippen molar-refractivity contribution >= 4 is 5.91 Å². The van der Waals surface area contributed by atoms with Crippen LogP contribution in [0.1, 0.15) is 31.9 Å². The van der Waals surface area contributed by atoms with Crippen LogP contribution in [-0.2, 0) is 22.6 Å². The number of nitrogens with two attached hydrogens (primary N) is 1. The molecule has 5 heteroatoms. The van der Waals surface area contributed by atoms with Crippen molar-refractivity contribution in [1.29, 1.82) is 0 Å². The minimum atomic E-state index is -0.468. The van der Waals surface area contributed by atoms with Crippen LogP contribution in [0.2, 0.25) is 0 Å². The van der Waals surface area contributed by atoms with E-state index in [9.17, 15) is 4.79 Å². The fraction of sp³-hybridized carbons (Fsp3) is 0.588. The molecule has 0 aliphatic carbocycles. The Morgan fingerprint density at radius 1 is 1.27 bits per heavy atom. The molecule has 22 heavy (non-hydrogen) atoms. The third-order valence-corrected chi connectivity index (χ3v) is 3.80. The second-order valence-electron chi connectivity index (χ2n) is 6.27. The highest BCUT2D eigenvalue weighted by Crippen LogP contribution is 2.14. The summed E-state index contributed by atoms with van der Waals surface area (Å²) in [6, 6.07) is 7.90. The molecule has 0 radical (unpaired) electrons. The number of carbonyl (C=O) groups excluding carboxylic acids is 1. The lowest BCUT2D eigenvalue weighted by molar-refractivity contribution is -0.122. The number of hydrogen-bond donors (Lipinski definition) is 2. The predicted octanol–water partition coefficient (Wildman–Crippen LogP) is 1.26. The number of morpholine rings is 1. The van der Waals surface area contributed by atoms with Crippen LogP contribution in [0.25, 0.3) is 0 Å². The molecule has 1 aliphatic rings. The average molecular weight is 305 g/mol. The summed E-state index contributed by atoms with van der Waals surface area (Å²) in [5.41, 5.74) is 7.89. The van der Waals surface area contributed by atoms with Crippen molar-refractivity contribution in [2.75, 3.05) is 13.1 Å². The maximum Gasteiger partial charge on any atom is 0.236 e. The maximum absolute atomic E-state index is 11.5. The predicted molar refractivity (Wildman–Crippen MR) is 87.2 cm³/mol. The summed E-state index contributed by atoms with van der Waals surface area (Å²) >= 11 is 0. The largest absolute Gasteiger partial charge is 0.373 e. The van der Waals surface area contributed by atoms with Crippen molar-refractivity contribution in [3.63, 3.8) is 0 Å². The molecule has 3 unspecified atom stereocenters. The van der Waals surface area contributed by atoms with Crippen molar-refractivity contribution in [3.8, 4) is 0 Å². The summed E-state index contributed by atoms with van der Waals surface area (Å²) in [6.07, 6.45) is 0.577. The van der Waals surface area contributed by atoms with E-state index in [2.05, 4.69) is 48.3 Å². The van der Waals surface area contributed by atoms with Gasteiger partial charge in [-0.05, 0) is 31.9 Å². The standard InChI is InChI=1S/C17H27N3O2/c1-12-9-20(10-13(2)22-12)11-16-6-4-15(5-7-16)8-19-17(21)14(3)18/h4-7,12-14H,8-11,18H2,1-3H3,(H,19,21). The Morgan fingerprint density at radius 2 is 1.82 bits per heavy atom. The Balaban J connectivity index is 1.85. The van der Waals surface area contributed by atoms with Crippen LogP contribution in [0.15, 0.2) is 24.3 Å². The van der Waals surface area contributed by atoms with Crippen molar-refractivity contribution in [3.05, 3.63) is 35.4 Å². The number of amides is 1. The lowest BCUT2D eigenvalue weighted by Crippen LogP contribution is -2.44. The zero-order valence-electron chi connectivity index (χ0n) is 13.7. The number of nitrogens with one attached hydrogen (secondary N) is 1. The van der Waals surface area contributed by atoms with E-state index < -0.39 is 6.04 Å². The molecule has 0 spiro atoms. The van der Waals surface area contributed by atoms with Crippen molar-refractivity contribution in [2.24, 2.45) is 5.73 Å². The summed E-state index contributed by atoms with van der Waals surface area (Å²) in [7, 11) is 0. The molecule has 5 nitrogen and oxygen atoms in total. The van der Waals surface area contributed by atoms with Crippen LogP contribution in [0.3, 0.4) is 0 Å². The molecule has 2 rings (SSSR count). The summed E-state index contributed by atoms with van der Waals surface area (Å²) in [4.78, 5) is 13.9. The minimum absolute atomic E-state index is 0.125. The number of carbonyl (C=O) groups is 1. The molecule has 1 aromatic rings. The monoisotopic (exact) mass is 305 g/mol. The number of benzene rings is 1. The Hall–Kier alpha value is -1.43. The van der Waals surface area contributed by atoms with Crippen LogP contribution in [0.5, 0.6) is 0 Å². The van der Waals surface area contributed by atoms with Gasteiger partial charge in [0, 0.05) is 26.2 Å². The van der Waals surface area contributed by atoms with Gasteiger partial charge in [-0.15, -0.1) is 0 Å². The van der Waals surface area contributed by atoms with E-state index in [1.54, 1.807) is 6.92 Å². The van der Waals surface area contributed by atoms with E-state index in [1.807, 2.05) is 0 Å². The fourth-order valence-corrected chi connectivity index (χ4v) is 2.78. The molecule has 0 bridgehead atoms. The smallest absolute Gasteiger partial charge is 0.236 e. The SMILES string of the molecule is CC1CN(Cc2ccc(CNC(=O)C(C)N)cc2)CC(C)O1. The maximum atomic E-state index is 11.5. The van der Waals surface area contributed by atoms with Gasteiger partial charge in [0.2, 0.25) is 5.91 Å². The first kappa shape index (κ1) is 16.9. The van der Waals surface area contributed by atoms with Crippen LogP contribution in [0.4, 0.5) is 0 Å². The van der Waals surface area contributed by atoms with Gasteiger partial charge in [-0.25, -0.2) is 0 Å². The van der Waals surface area contributed by atoms with E-state index >= 15 is 0 Å². The lowest BCUT2D eigenvalue weighted by Gasteiger charge is -2.35. The molecule has 0 saturated carbocycles. The van der Waals surface area contributed by atoms with E-state index in [-0.39, 0.29) is 18.1 Å². The van der Waals surface area contributed by atoms with Gasteiger partial charge in [-0.3, -0.25) is 9.69 Å². The molecule has 3 N–H and O–H groups in total. The molecule has 1 amide bonds. The number of rotatable bonds is 5. The molecule has 1 heterocycles. The first-order chi connectivity index (χ1) is 10.4. The summed E-state index contributed by atoms with van der Waals surface area (Å²) in [5.74, 6) is -0.125. The Morgan fingerprint density at radius 3 is 2.36 bits per heavy atom. The fourth-order valence-electron chi connectivity index (χ4n) is 2.78. The summed E-state index contributed by atoms with van der Waals surface area (Å²) < 4.78 is 5.75. The number of ether oxygens (including phenoxy) is 1. The van der Waals surface area contributed by atoms with Gasteiger partial charge in [0.1, 0.15) is 0 Å². The van der Waals surface area contributed by atoms with Gasteiger partial charge in [-0.2, -0.15) is 0 Å². The highest BCUT2D eigenvalue weighted by molar-refractivity contribution is 5.80. The van der Waals surface area contributed by atoms with Crippen molar-refractivity contribution < 1.29 is 9.53 Å². The third kappa shape index (κ3) is 5.09. The van der Waals surface area contributed by atoms with E-state index in [0.717, 1.165) is 25.2 Å². The summed E-state index contributed by atoms with van der Waals surface area (Å²) in [6.45, 7) is 9.31. The molecule has 122 valence electrons. The molecular weight excluding hydrogens is 278 g/mol. The van der Waals surface area contributed by atoms with Gasteiger partial charge in [0.05, 0.1) is 18.2 Å². The van der Waals surface area contributed by atoms with Gasteiger partial charge < -0.3 is 15.8 Å². The first-order valence-electron chi connectivity index (χ1n) is 7.93. The van der Waals surface area contributed by atoms with Crippen LogP contribution >= 0.6 is 0 Å².